The van der Waals surface area contributed by atoms with Gasteiger partial charge in [0.2, 0.25) is 0 Å². The molecule has 0 amide bonds. The average molecular weight is 300 g/mol. The summed E-state index contributed by atoms with van der Waals surface area (Å²) < 4.78 is 1.01. The summed E-state index contributed by atoms with van der Waals surface area (Å²) in [5.41, 5.74) is 1.42. The van der Waals surface area contributed by atoms with Crippen LogP contribution in [0.25, 0.3) is 0 Å². The number of hydrazone groups is 1. The van der Waals surface area contributed by atoms with Crippen LogP contribution < -0.4 is 16.3 Å². The van der Waals surface area contributed by atoms with Crippen LogP contribution in [0.15, 0.2) is 45.0 Å². The summed E-state index contributed by atoms with van der Waals surface area (Å²) >= 11 is 0. The van der Waals surface area contributed by atoms with Gasteiger partial charge in [0.15, 0.2) is 0 Å². The number of nitrogens with zero attached hydrogens (tertiary/aromatic N) is 3. The highest BCUT2D eigenvalue weighted by Crippen LogP contribution is 2.06. The summed E-state index contributed by atoms with van der Waals surface area (Å²) in [7, 11) is 3.10. The third-order valence-electron chi connectivity index (χ3n) is 3.38. The standard InChI is InChI=1S/C16H20N4O2/c1-4-5-12-6-8-13(9-7-12)11-17-20(3)14-10-15(21)19(2)16(22)18-14/h6-11H,4-5H2,1-3H3,(H,18,22). The van der Waals surface area contributed by atoms with Crippen molar-refractivity contribution < 1.29 is 0 Å². The van der Waals surface area contributed by atoms with Crippen LogP contribution >= 0.6 is 0 Å². The largest absolute Gasteiger partial charge is 0.329 e. The van der Waals surface area contributed by atoms with Crippen molar-refractivity contribution in [1.29, 1.82) is 0 Å². The topological polar surface area (TPSA) is 70.5 Å². The summed E-state index contributed by atoms with van der Waals surface area (Å²) in [6.07, 6.45) is 3.86. The van der Waals surface area contributed by atoms with E-state index in [1.54, 1.807) is 13.3 Å². The zero-order chi connectivity index (χ0) is 16.1. The highest BCUT2D eigenvalue weighted by molar-refractivity contribution is 5.80. The van der Waals surface area contributed by atoms with Crippen LogP contribution in [0, 0.1) is 0 Å². The van der Waals surface area contributed by atoms with Gasteiger partial charge < -0.3 is 0 Å². The number of anilines is 1. The van der Waals surface area contributed by atoms with Crippen molar-refractivity contribution in [3.63, 3.8) is 0 Å². The molecule has 0 atom stereocenters. The minimum Gasteiger partial charge on any atom is -0.292 e. The number of hydrogen-bond donors (Lipinski definition) is 1. The maximum atomic E-state index is 11.6. The Balaban J connectivity index is 2.15. The van der Waals surface area contributed by atoms with Gasteiger partial charge in [0.1, 0.15) is 5.82 Å². The number of nitrogens with one attached hydrogen (secondary N) is 1. The fourth-order valence-electron chi connectivity index (χ4n) is 1.99. The Morgan fingerprint density at radius 1 is 1.27 bits per heavy atom. The molecule has 6 heteroatoms. The second-order valence-electron chi connectivity index (χ2n) is 5.12. The average Bonchev–Trinajstić information content (AvgIpc) is 2.51. The lowest BCUT2D eigenvalue weighted by Gasteiger charge is -2.12. The zero-order valence-corrected chi connectivity index (χ0v) is 13.0. The second kappa shape index (κ2) is 6.89. The third-order valence-corrected chi connectivity index (χ3v) is 3.38. The SMILES string of the molecule is CCCc1ccc(C=NN(C)c2cc(=O)n(C)c(=O)[nH]2)cc1. The fourth-order valence-corrected chi connectivity index (χ4v) is 1.99. The van der Waals surface area contributed by atoms with Crippen LogP contribution in [0.4, 0.5) is 5.82 Å². The van der Waals surface area contributed by atoms with E-state index in [9.17, 15) is 9.59 Å². The van der Waals surface area contributed by atoms with Crippen LogP contribution in [0.2, 0.25) is 0 Å². The number of aromatic amines is 1. The number of H-pyrrole nitrogens is 1. The monoisotopic (exact) mass is 300 g/mol. The van der Waals surface area contributed by atoms with E-state index in [1.165, 1.54) is 23.7 Å². The van der Waals surface area contributed by atoms with Crippen LogP contribution in [-0.2, 0) is 13.5 Å². The van der Waals surface area contributed by atoms with Gasteiger partial charge in [-0.05, 0) is 17.5 Å². The predicted octanol–water partition coefficient (Wildman–Crippen LogP) is 1.50. The van der Waals surface area contributed by atoms with Gasteiger partial charge in [0.25, 0.3) is 5.56 Å². The molecule has 0 aliphatic carbocycles. The van der Waals surface area contributed by atoms with Crippen LogP contribution in [0.3, 0.4) is 0 Å². The maximum absolute atomic E-state index is 11.6. The quantitative estimate of drug-likeness (QED) is 0.672. The highest BCUT2D eigenvalue weighted by atomic mass is 16.2. The lowest BCUT2D eigenvalue weighted by Crippen LogP contribution is -2.33. The molecule has 0 radical (unpaired) electrons. The van der Waals surface area contributed by atoms with E-state index >= 15 is 0 Å². The summed E-state index contributed by atoms with van der Waals surface area (Å²) in [6, 6.07) is 9.48. The molecular weight excluding hydrogens is 280 g/mol. The lowest BCUT2D eigenvalue weighted by atomic mass is 10.1. The van der Waals surface area contributed by atoms with Gasteiger partial charge in [-0.2, -0.15) is 5.10 Å². The van der Waals surface area contributed by atoms with Crippen molar-refractivity contribution in [2.45, 2.75) is 19.8 Å². The van der Waals surface area contributed by atoms with Crippen LogP contribution in [-0.4, -0.2) is 22.8 Å². The zero-order valence-electron chi connectivity index (χ0n) is 13.0. The van der Waals surface area contributed by atoms with E-state index < -0.39 is 5.69 Å². The molecule has 0 aliphatic heterocycles. The normalized spacial score (nSPS) is 11.0. The smallest absolute Gasteiger partial charge is 0.292 e. The van der Waals surface area contributed by atoms with Gasteiger partial charge in [-0.25, -0.2) is 4.79 Å². The molecule has 0 saturated carbocycles. The van der Waals surface area contributed by atoms with Crippen molar-refractivity contribution in [2.24, 2.45) is 12.1 Å². The molecule has 6 nitrogen and oxygen atoms in total. The Labute approximate surface area is 128 Å². The predicted molar refractivity (Wildman–Crippen MR) is 88.7 cm³/mol. The molecule has 1 aromatic heterocycles. The first kappa shape index (κ1) is 15.8. The van der Waals surface area contributed by atoms with Crippen molar-refractivity contribution in [2.75, 3.05) is 12.1 Å². The Morgan fingerprint density at radius 3 is 2.55 bits per heavy atom. The molecule has 1 N–H and O–H groups in total. The molecular formula is C16H20N4O2. The van der Waals surface area contributed by atoms with E-state index in [2.05, 4.69) is 29.1 Å². The maximum Gasteiger partial charge on any atom is 0.329 e. The van der Waals surface area contributed by atoms with Crippen LogP contribution in [0.1, 0.15) is 24.5 Å². The van der Waals surface area contributed by atoms with Gasteiger partial charge in [-0.15, -0.1) is 0 Å². The fraction of sp³-hybridized carbons (Fsp3) is 0.312. The molecule has 2 aromatic rings. The third kappa shape index (κ3) is 3.72. The van der Waals surface area contributed by atoms with Gasteiger partial charge in [0, 0.05) is 20.2 Å². The Morgan fingerprint density at radius 2 is 1.95 bits per heavy atom. The van der Waals surface area contributed by atoms with E-state index in [0.717, 1.165) is 23.0 Å². The summed E-state index contributed by atoms with van der Waals surface area (Å²) in [5.74, 6) is 0.354. The molecule has 1 aromatic carbocycles. The van der Waals surface area contributed by atoms with Gasteiger partial charge >= 0.3 is 5.69 Å². The minimum atomic E-state index is -0.464. The Kier molecular flexibility index (Phi) is 4.93. The first-order valence-electron chi connectivity index (χ1n) is 7.18. The molecule has 2 rings (SSSR count). The van der Waals surface area contributed by atoms with Crippen molar-refractivity contribution in [3.05, 3.63) is 62.3 Å². The first-order chi connectivity index (χ1) is 10.5. The molecule has 0 fully saturated rings. The number of aromatic nitrogens is 2. The molecule has 0 bridgehead atoms. The number of aryl methyl sites for hydroxylation is 1. The molecule has 0 unspecified atom stereocenters. The summed E-state index contributed by atoms with van der Waals surface area (Å²) in [5, 5.41) is 5.70. The van der Waals surface area contributed by atoms with Crippen LogP contribution in [0.5, 0.6) is 0 Å². The number of benzene rings is 1. The minimum absolute atomic E-state index is 0.354. The van der Waals surface area contributed by atoms with Crippen molar-refractivity contribution >= 4 is 12.0 Å². The second-order valence-corrected chi connectivity index (χ2v) is 5.12. The van der Waals surface area contributed by atoms with Gasteiger partial charge in [0.05, 0.1) is 6.21 Å². The molecule has 116 valence electrons. The molecule has 0 spiro atoms. The Bertz CT molecular complexity index is 741. The summed E-state index contributed by atoms with van der Waals surface area (Å²) in [6.45, 7) is 2.15. The van der Waals surface area contributed by atoms with E-state index in [0.29, 0.717) is 5.82 Å². The van der Waals surface area contributed by atoms with E-state index in [4.69, 9.17) is 0 Å². The number of rotatable bonds is 5. The highest BCUT2D eigenvalue weighted by Gasteiger charge is 2.04. The summed E-state index contributed by atoms with van der Waals surface area (Å²) in [4.78, 5) is 25.8. The number of hydrogen-bond acceptors (Lipinski definition) is 4. The molecule has 22 heavy (non-hydrogen) atoms. The Hall–Kier alpha value is -2.63. The van der Waals surface area contributed by atoms with Crippen molar-refractivity contribution in [1.82, 2.24) is 9.55 Å². The molecule has 1 heterocycles. The van der Waals surface area contributed by atoms with Crippen molar-refractivity contribution in [3.8, 4) is 0 Å². The van der Waals surface area contributed by atoms with Gasteiger partial charge in [-0.1, -0.05) is 37.6 Å². The van der Waals surface area contributed by atoms with E-state index in [-0.39, 0.29) is 5.56 Å². The lowest BCUT2D eigenvalue weighted by molar-refractivity contribution is 0.766. The van der Waals surface area contributed by atoms with Gasteiger partial charge in [-0.3, -0.25) is 19.4 Å². The molecule has 0 aliphatic rings. The van der Waals surface area contributed by atoms with E-state index in [1.807, 2.05) is 12.1 Å². The first-order valence-corrected chi connectivity index (χ1v) is 7.18. The molecule has 0 saturated heterocycles.